The maximum atomic E-state index is 8.36. The highest BCUT2D eigenvalue weighted by molar-refractivity contribution is 7.20. The van der Waals surface area contributed by atoms with Gasteiger partial charge < -0.3 is 14.3 Å². The number of hydrogen-bond donors (Lipinski definition) is 1. The minimum atomic E-state index is -0.250. The summed E-state index contributed by atoms with van der Waals surface area (Å²) in [7, 11) is 0. The van der Waals surface area contributed by atoms with Crippen molar-refractivity contribution in [3.05, 3.63) is 48.4 Å². The zero-order valence-corrected chi connectivity index (χ0v) is 16.5. The molecular weight excluding hydrogens is 378 g/mol. The highest BCUT2D eigenvalue weighted by Crippen LogP contribution is 2.32. The second-order valence-corrected chi connectivity index (χ2v) is 6.88. The van der Waals surface area contributed by atoms with E-state index in [0.29, 0.717) is 10.8 Å². The molecule has 1 N–H and O–H groups in total. The average molecular weight is 399 g/mol. The van der Waals surface area contributed by atoms with Crippen molar-refractivity contribution in [1.29, 1.82) is 0 Å². The lowest BCUT2D eigenvalue weighted by molar-refractivity contribution is -0.122. The maximum Gasteiger partial charge on any atom is 0.290 e. The Morgan fingerprint density at radius 3 is 2.75 bits per heavy atom. The Morgan fingerprint density at radius 2 is 2.04 bits per heavy atom. The Balaban J connectivity index is 0.000000706. The van der Waals surface area contributed by atoms with Gasteiger partial charge in [-0.05, 0) is 49.5 Å². The summed E-state index contributed by atoms with van der Waals surface area (Å²) < 4.78 is 12.9. The smallest absolute Gasteiger partial charge is 0.290 e. The zero-order valence-electron chi connectivity index (χ0n) is 15.7. The van der Waals surface area contributed by atoms with Gasteiger partial charge in [-0.3, -0.25) is 9.69 Å². The molecule has 0 spiro atoms. The number of aromatic nitrogens is 2. The summed E-state index contributed by atoms with van der Waals surface area (Å²) >= 11 is 1.49. The van der Waals surface area contributed by atoms with E-state index in [2.05, 4.69) is 34.8 Å². The van der Waals surface area contributed by atoms with Gasteiger partial charge in [-0.2, -0.15) is 4.98 Å². The van der Waals surface area contributed by atoms with E-state index in [0.717, 1.165) is 46.8 Å². The van der Waals surface area contributed by atoms with Crippen molar-refractivity contribution in [3.8, 4) is 10.9 Å². The standard InChI is InChI=1S/C19H19N3O2S.CH2O2/c1-3-22(4-2)12-15-11-13-10-14(7-8-16(13)23-15)24-19-21-18-17(25-19)6-5-9-20-18;2-1-3/h5-11H,3-4,12H2,1-2H3;1H,(H,2,3). The number of thiazole rings is 1. The fraction of sp³-hybridized carbons (Fsp3) is 0.250. The molecular formula is C20H21N3O4S. The molecule has 0 saturated carbocycles. The van der Waals surface area contributed by atoms with Crippen LogP contribution in [0.3, 0.4) is 0 Å². The number of nitrogens with zero attached hydrogens (tertiary/aromatic N) is 3. The number of furan rings is 1. The maximum absolute atomic E-state index is 8.36. The van der Waals surface area contributed by atoms with Gasteiger partial charge in [0.15, 0.2) is 5.65 Å². The summed E-state index contributed by atoms with van der Waals surface area (Å²) in [5.41, 5.74) is 1.59. The number of benzene rings is 1. The predicted octanol–water partition coefficient (Wildman–Crippen LogP) is 4.77. The molecule has 0 fully saturated rings. The van der Waals surface area contributed by atoms with Crippen molar-refractivity contribution < 1.29 is 19.1 Å². The molecule has 3 heterocycles. The third-order valence-electron chi connectivity index (χ3n) is 4.16. The Kier molecular flexibility index (Phi) is 6.57. The Morgan fingerprint density at radius 1 is 1.25 bits per heavy atom. The van der Waals surface area contributed by atoms with Crippen LogP contribution in [-0.2, 0) is 11.3 Å². The van der Waals surface area contributed by atoms with E-state index < -0.39 is 0 Å². The van der Waals surface area contributed by atoms with Crippen LogP contribution in [-0.4, -0.2) is 39.5 Å². The topological polar surface area (TPSA) is 88.7 Å². The van der Waals surface area contributed by atoms with Gasteiger partial charge in [0, 0.05) is 11.6 Å². The van der Waals surface area contributed by atoms with E-state index in [1.807, 2.05) is 30.3 Å². The first kappa shape index (κ1) is 19.8. The number of carbonyl (C=O) groups is 1. The van der Waals surface area contributed by atoms with Gasteiger partial charge in [0.05, 0.1) is 11.2 Å². The normalized spacial score (nSPS) is 10.8. The third-order valence-corrected chi connectivity index (χ3v) is 5.05. The van der Waals surface area contributed by atoms with Crippen LogP contribution in [0.25, 0.3) is 21.3 Å². The van der Waals surface area contributed by atoms with E-state index in [9.17, 15) is 0 Å². The van der Waals surface area contributed by atoms with Gasteiger partial charge in [-0.25, -0.2) is 4.98 Å². The molecule has 0 radical (unpaired) electrons. The van der Waals surface area contributed by atoms with Gasteiger partial charge in [0.25, 0.3) is 11.7 Å². The lowest BCUT2D eigenvalue weighted by Gasteiger charge is -2.15. The van der Waals surface area contributed by atoms with Gasteiger partial charge in [-0.15, -0.1) is 0 Å². The number of ether oxygens (including phenoxy) is 1. The zero-order chi connectivity index (χ0) is 19.9. The van der Waals surface area contributed by atoms with Crippen LogP contribution in [0, 0.1) is 0 Å². The van der Waals surface area contributed by atoms with Crippen molar-refractivity contribution in [3.63, 3.8) is 0 Å². The first-order valence-electron chi connectivity index (χ1n) is 8.88. The van der Waals surface area contributed by atoms with Crippen molar-refractivity contribution in [2.75, 3.05) is 13.1 Å². The largest absolute Gasteiger partial charge is 0.483 e. The molecule has 8 heteroatoms. The van der Waals surface area contributed by atoms with Crippen LogP contribution in [0.4, 0.5) is 0 Å². The first-order chi connectivity index (χ1) is 13.7. The number of fused-ring (bicyclic) bond motifs is 2. The molecule has 3 aromatic heterocycles. The Hall–Kier alpha value is -2.97. The van der Waals surface area contributed by atoms with E-state index in [1.54, 1.807) is 6.20 Å². The van der Waals surface area contributed by atoms with E-state index >= 15 is 0 Å². The summed E-state index contributed by atoms with van der Waals surface area (Å²) in [5, 5.41) is 8.53. The molecule has 0 amide bonds. The molecule has 0 unspecified atom stereocenters. The summed E-state index contributed by atoms with van der Waals surface area (Å²) in [5.74, 6) is 1.72. The lowest BCUT2D eigenvalue weighted by Crippen LogP contribution is -2.21. The fourth-order valence-corrected chi connectivity index (χ4v) is 3.57. The molecule has 146 valence electrons. The summed E-state index contributed by atoms with van der Waals surface area (Å²) in [6.07, 6.45) is 1.74. The number of carboxylic acid groups (broad SMARTS) is 1. The number of pyridine rings is 1. The van der Waals surface area contributed by atoms with Crippen molar-refractivity contribution in [2.24, 2.45) is 0 Å². The van der Waals surface area contributed by atoms with Crippen LogP contribution in [0.5, 0.6) is 10.9 Å². The van der Waals surface area contributed by atoms with E-state index in [4.69, 9.17) is 19.1 Å². The lowest BCUT2D eigenvalue weighted by atomic mass is 10.2. The minimum absolute atomic E-state index is 0.250. The van der Waals surface area contributed by atoms with Crippen LogP contribution in [0.2, 0.25) is 0 Å². The molecule has 1 aromatic carbocycles. The van der Waals surface area contributed by atoms with Crippen LogP contribution in [0.15, 0.2) is 47.0 Å². The van der Waals surface area contributed by atoms with Crippen LogP contribution >= 0.6 is 11.3 Å². The summed E-state index contributed by atoms with van der Waals surface area (Å²) in [6.45, 7) is 6.90. The number of hydrogen-bond acceptors (Lipinski definition) is 7. The molecule has 0 aliphatic carbocycles. The van der Waals surface area contributed by atoms with Gasteiger partial charge in [0.1, 0.15) is 17.1 Å². The highest BCUT2D eigenvalue weighted by atomic mass is 32.1. The van der Waals surface area contributed by atoms with E-state index in [-0.39, 0.29) is 6.47 Å². The Labute approximate surface area is 166 Å². The van der Waals surface area contributed by atoms with Gasteiger partial charge >= 0.3 is 0 Å². The monoisotopic (exact) mass is 399 g/mol. The quantitative estimate of drug-likeness (QED) is 0.467. The highest BCUT2D eigenvalue weighted by Gasteiger charge is 2.10. The minimum Gasteiger partial charge on any atom is -0.483 e. The van der Waals surface area contributed by atoms with Gasteiger partial charge in [-0.1, -0.05) is 25.2 Å². The van der Waals surface area contributed by atoms with Crippen LogP contribution in [0.1, 0.15) is 19.6 Å². The number of rotatable bonds is 6. The predicted molar refractivity (Wildman–Crippen MR) is 109 cm³/mol. The molecule has 0 aliphatic rings. The summed E-state index contributed by atoms with van der Waals surface area (Å²) in [6, 6.07) is 11.8. The van der Waals surface area contributed by atoms with Crippen molar-refractivity contribution >= 4 is 39.1 Å². The molecule has 0 atom stereocenters. The van der Waals surface area contributed by atoms with Crippen molar-refractivity contribution in [1.82, 2.24) is 14.9 Å². The third kappa shape index (κ3) is 4.65. The molecule has 7 nitrogen and oxygen atoms in total. The second-order valence-electron chi connectivity index (χ2n) is 5.89. The fourth-order valence-electron chi connectivity index (χ4n) is 2.78. The molecule has 4 aromatic rings. The molecule has 28 heavy (non-hydrogen) atoms. The SMILES string of the molecule is CCN(CC)Cc1cc2cc(Oc3nc4ncccc4s3)ccc2o1.O=CO. The van der Waals surface area contributed by atoms with Crippen molar-refractivity contribution in [2.45, 2.75) is 20.4 Å². The summed E-state index contributed by atoms with van der Waals surface area (Å²) in [4.78, 5) is 19.3. The molecule has 4 rings (SSSR count). The molecule has 0 aliphatic heterocycles. The first-order valence-corrected chi connectivity index (χ1v) is 9.70. The second kappa shape index (κ2) is 9.29. The van der Waals surface area contributed by atoms with E-state index in [1.165, 1.54) is 11.3 Å². The Bertz CT molecular complexity index is 1020. The molecule has 0 bridgehead atoms. The molecule has 0 saturated heterocycles. The van der Waals surface area contributed by atoms with Crippen LogP contribution < -0.4 is 4.74 Å². The van der Waals surface area contributed by atoms with Gasteiger partial charge in [0.2, 0.25) is 0 Å². The average Bonchev–Trinajstić information content (AvgIpc) is 3.29.